The van der Waals surface area contributed by atoms with E-state index in [0.29, 0.717) is 0 Å². The highest BCUT2D eigenvalue weighted by Gasteiger charge is 2.15. The molecule has 39 heavy (non-hydrogen) atoms. The predicted molar refractivity (Wildman–Crippen MR) is 168 cm³/mol. The van der Waals surface area contributed by atoms with E-state index in [2.05, 4.69) is 132 Å². The van der Waals surface area contributed by atoms with Gasteiger partial charge in [0.2, 0.25) is 0 Å². The summed E-state index contributed by atoms with van der Waals surface area (Å²) >= 11 is 1.76. The van der Waals surface area contributed by atoms with E-state index >= 15 is 0 Å². The number of benzene rings is 5. The molecule has 3 nitrogen and oxygen atoms in total. The fourth-order valence-electron chi connectivity index (χ4n) is 6.08. The zero-order valence-corrected chi connectivity index (χ0v) is 22.2. The molecule has 186 valence electrons. The maximum absolute atomic E-state index is 7.05. The van der Waals surface area contributed by atoms with E-state index in [1.807, 2.05) is 0 Å². The fraction of sp³-hybridized carbons (Fsp3) is 0.0286. The first-order valence-electron chi connectivity index (χ1n) is 13.2. The molecular weight excluding hydrogens is 494 g/mol. The third-order valence-corrected chi connectivity index (χ3v) is 9.12. The minimum absolute atomic E-state index is 0.767. The van der Waals surface area contributed by atoms with Crippen molar-refractivity contribution in [2.75, 3.05) is 0 Å². The second-order valence-electron chi connectivity index (χ2n) is 10.0. The van der Waals surface area contributed by atoms with Crippen molar-refractivity contribution < 1.29 is 0 Å². The zero-order chi connectivity index (χ0) is 26.1. The highest BCUT2D eigenvalue weighted by atomic mass is 32.1. The number of aromatic nitrogens is 2. The lowest BCUT2D eigenvalue weighted by Gasteiger charge is -2.08. The van der Waals surface area contributed by atoms with Gasteiger partial charge in [0.1, 0.15) is 5.82 Å². The maximum atomic E-state index is 7.05. The third kappa shape index (κ3) is 3.22. The van der Waals surface area contributed by atoms with Gasteiger partial charge in [0.15, 0.2) is 0 Å². The van der Waals surface area contributed by atoms with Gasteiger partial charge in [-0.2, -0.15) is 0 Å². The number of nitrogens with one attached hydrogen (secondary N) is 1. The summed E-state index contributed by atoms with van der Waals surface area (Å²) in [7, 11) is 0. The summed E-state index contributed by atoms with van der Waals surface area (Å²) in [6, 6.07) is 39.1. The predicted octanol–water partition coefficient (Wildman–Crippen LogP) is 7.68. The molecule has 3 aromatic heterocycles. The van der Waals surface area contributed by atoms with E-state index in [4.69, 9.17) is 5.73 Å². The monoisotopic (exact) mass is 519 g/mol. The van der Waals surface area contributed by atoms with Crippen LogP contribution in [0.1, 0.15) is 6.92 Å². The van der Waals surface area contributed by atoms with Crippen molar-refractivity contribution in [1.82, 2.24) is 9.55 Å². The summed E-state index contributed by atoms with van der Waals surface area (Å²) in [4.78, 5) is 3.54. The van der Waals surface area contributed by atoms with Gasteiger partial charge in [-0.15, -0.1) is 11.3 Å². The first-order valence-corrected chi connectivity index (χ1v) is 14.0. The number of hydrogen-bond acceptors (Lipinski definition) is 2. The van der Waals surface area contributed by atoms with Crippen LogP contribution in [0.2, 0.25) is 0 Å². The van der Waals surface area contributed by atoms with Gasteiger partial charge in [0.05, 0.1) is 15.6 Å². The lowest BCUT2D eigenvalue weighted by molar-refractivity contribution is 1.16. The number of aromatic amines is 1. The molecule has 0 saturated carbocycles. The molecule has 5 aromatic carbocycles. The van der Waals surface area contributed by atoms with Crippen molar-refractivity contribution in [2.45, 2.75) is 6.92 Å². The molecular formula is C35H25N3S. The van der Waals surface area contributed by atoms with Crippen molar-refractivity contribution >= 4 is 76.9 Å². The topological polar surface area (TPSA) is 46.7 Å². The van der Waals surface area contributed by atoms with Crippen LogP contribution >= 0.6 is 11.3 Å². The molecule has 0 spiro atoms. The summed E-state index contributed by atoms with van der Waals surface area (Å²) in [5, 5.41) is 7.35. The summed E-state index contributed by atoms with van der Waals surface area (Å²) < 4.78 is 4.59. The van der Waals surface area contributed by atoms with Gasteiger partial charge in [-0.3, -0.25) is 4.57 Å². The van der Waals surface area contributed by atoms with E-state index in [1.54, 1.807) is 11.3 Å². The number of H-pyrrole nitrogens is 1. The van der Waals surface area contributed by atoms with Crippen LogP contribution in [-0.2, 0) is 0 Å². The number of nitrogens with two attached hydrogens (primary N) is 1. The van der Waals surface area contributed by atoms with Gasteiger partial charge < -0.3 is 10.7 Å². The van der Waals surface area contributed by atoms with Crippen molar-refractivity contribution in [3.8, 4) is 11.1 Å². The number of fused-ring (bicyclic) bond motifs is 7. The Morgan fingerprint density at radius 2 is 1.31 bits per heavy atom. The molecule has 0 unspecified atom stereocenters. The van der Waals surface area contributed by atoms with E-state index in [0.717, 1.165) is 26.9 Å². The van der Waals surface area contributed by atoms with Crippen molar-refractivity contribution in [3.05, 3.63) is 119 Å². The van der Waals surface area contributed by atoms with Crippen molar-refractivity contribution in [1.29, 1.82) is 0 Å². The quantitative estimate of drug-likeness (QED) is 0.242. The zero-order valence-electron chi connectivity index (χ0n) is 21.4. The molecule has 3 heterocycles. The average Bonchev–Trinajstić information content (AvgIpc) is 3.65. The number of hydrogen-bond donors (Lipinski definition) is 2. The van der Waals surface area contributed by atoms with Gasteiger partial charge in [0, 0.05) is 42.7 Å². The Kier molecular flexibility index (Phi) is 4.76. The van der Waals surface area contributed by atoms with Crippen molar-refractivity contribution in [3.63, 3.8) is 0 Å². The minimum atomic E-state index is 0.767. The van der Waals surface area contributed by atoms with Crippen LogP contribution in [0.5, 0.6) is 0 Å². The van der Waals surface area contributed by atoms with Gasteiger partial charge in [-0.1, -0.05) is 72.8 Å². The molecule has 0 fully saturated rings. The lowest BCUT2D eigenvalue weighted by Crippen LogP contribution is -2.28. The molecule has 8 rings (SSSR count). The lowest BCUT2D eigenvalue weighted by atomic mass is 10.0. The highest BCUT2D eigenvalue weighted by molar-refractivity contribution is 7.17. The van der Waals surface area contributed by atoms with Crippen LogP contribution in [-0.4, -0.2) is 9.55 Å². The molecule has 3 N–H and O–H groups in total. The summed E-state index contributed by atoms with van der Waals surface area (Å²) in [6.07, 6.45) is 2.17. The number of rotatable bonds is 2. The molecule has 0 aliphatic carbocycles. The fourth-order valence-corrected chi connectivity index (χ4v) is 7.27. The molecule has 0 saturated heterocycles. The second kappa shape index (κ2) is 8.35. The van der Waals surface area contributed by atoms with Crippen LogP contribution in [0.4, 0.5) is 0 Å². The van der Waals surface area contributed by atoms with E-state index in [9.17, 15) is 0 Å². The van der Waals surface area contributed by atoms with Gasteiger partial charge in [0.25, 0.3) is 0 Å². The van der Waals surface area contributed by atoms with E-state index in [1.165, 1.54) is 53.5 Å². The van der Waals surface area contributed by atoms with E-state index in [-0.39, 0.29) is 0 Å². The Labute approximate surface area is 228 Å². The first-order chi connectivity index (χ1) is 19.2. The first kappa shape index (κ1) is 22.2. The molecule has 0 atom stereocenters. The summed E-state index contributed by atoms with van der Waals surface area (Å²) in [5.41, 5.74) is 14.0. The normalized spacial score (nSPS) is 13.4. The van der Waals surface area contributed by atoms with Crippen LogP contribution in [0.15, 0.2) is 109 Å². The van der Waals surface area contributed by atoms with Gasteiger partial charge in [-0.25, -0.2) is 0 Å². The number of nitrogens with zero attached hydrogens (tertiary/aromatic N) is 1. The SMILES string of the molecule is C/C=c1\c(=C(/N)n2c3ccccc3c3cc(-c4ccc5[nH]c6ccccc6c5c4)ccc32)sc2ccccc12. The Hall–Kier alpha value is -4.80. The minimum Gasteiger partial charge on any atom is -0.384 e. The molecule has 0 radical (unpaired) electrons. The average molecular weight is 520 g/mol. The number of para-hydroxylation sites is 2. The third-order valence-electron chi connectivity index (χ3n) is 7.91. The van der Waals surface area contributed by atoms with Crippen LogP contribution in [0.3, 0.4) is 0 Å². The van der Waals surface area contributed by atoms with E-state index < -0.39 is 0 Å². The second-order valence-corrected chi connectivity index (χ2v) is 11.1. The Bertz CT molecular complexity index is 2370. The standard InChI is InChI=1S/C35H25N3S/c1-2-23-26-11-5-8-14-33(26)39-34(23)35(36)38-31-13-7-4-10-25(31)28-20-22(16-18-32(28)38)21-15-17-30-27(19-21)24-9-3-6-12-29(24)37-30/h2-20,37H,36H2,1H3/b23-2-,35-34-. The Morgan fingerprint density at radius 1 is 0.667 bits per heavy atom. The summed E-state index contributed by atoms with van der Waals surface area (Å²) in [6.45, 7) is 2.09. The van der Waals surface area contributed by atoms with Crippen molar-refractivity contribution in [2.24, 2.45) is 5.73 Å². The highest BCUT2D eigenvalue weighted by Crippen LogP contribution is 2.35. The summed E-state index contributed by atoms with van der Waals surface area (Å²) in [5.74, 6) is 0.767. The van der Waals surface area contributed by atoms with Gasteiger partial charge in [-0.05, 0) is 65.7 Å². The molecule has 4 heteroatoms. The molecule has 0 aliphatic heterocycles. The Morgan fingerprint density at radius 3 is 2.15 bits per heavy atom. The molecule has 0 amide bonds. The largest absolute Gasteiger partial charge is 0.384 e. The van der Waals surface area contributed by atoms with Crippen LogP contribution in [0, 0.1) is 0 Å². The molecule has 0 aliphatic rings. The molecule has 8 aromatic rings. The smallest absolute Gasteiger partial charge is 0.126 e. The Balaban J connectivity index is 1.40. The van der Waals surface area contributed by atoms with Crippen LogP contribution in [0.25, 0.3) is 76.7 Å². The number of thiophene rings is 1. The molecule has 0 bridgehead atoms. The van der Waals surface area contributed by atoms with Crippen LogP contribution < -0.4 is 15.5 Å². The maximum Gasteiger partial charge on any atom is 0.126 e. The van der Waals surface area contributed by atoms with Gasteiger partial charge >= 0.3 is 0 Å².